The third-order valence-corrected chi connectivity index (χ3v) is 7.88. The van der Waals surface area contributed by atoms with Crippen LogP contribution >= 0.6 is 0 Å². The van der Waals surface area contributed by atoms with Crippen LogP contribution in [0.3, 0.4) is 0 Å². The molecule has 36 heavy (non-hydrogen) atoms. The summed E-state index contributed by atoms with van der Waals surface area (Å²) < 4.78 is 7.63. The first-order valence-electron chi connectivity index (χ1n) is 11.7. The minimum atomic E-state index is -1.24. The summed E-state index contributed by atoms with van der Waals surface area (Å²) >= 11 is 0. The molecule has 1 saturated heterocycles. The summed E-state index contributed by atoms with van der Waals surface area (Å²) in [7, 11) is -0.417. The molecule has 0 aromatic carbocycles. The van der Waals surface area contributed by atoms with Crippen LogP contribution in [0.4, 0.5) is 5.82 Å². The average Bonchev–Trinajstić information content (AvgIpc) is 3.42. The van der Waals surface area contributed by atoms with Gasteiger partial charge in [0.15, 0.2) is 29.0 Å². The molecule has 5 unspecified atom stereocenters. The summed E-state index contributed by atoms with van der Waals surface area (Å²) in [6, 6.07) is -0.983. The topological polar surface area (TPSA) is 215 Å². The highest BCUT2D eigenvalue weighted by molar-refractivity contribution is 7.97. The van der Waals surface area contributed by atoms with Gasteiger partial charge in [-0.1, -0.05) is 5.92 Å². The quantitative estimate of drug-likeness (QED) is 0.0861. The van der Waals surface area contributed by atoms with Crippen molar-refractivity contribution in [2.45, 2.75) is 49.8 Å². The van der Waals surface area contributed by atoms with Gasteiger partial charge in [-0.15, -0.1) is 0 Å². The molecule has 3 heterocycles. The van der Waals surface area contributed by atoms with Gasteiger partial charge in [-0.2, -0.15) is 0 Å². The molecular weight excluding hydrogens is 490 g/mol. The van der Waals surface area contributed by atoms with Crippen LogP contribution in [-0.4, -0.2) is 107 Å². The fourth-order valence-corrected chi connectivity index (χ4v) is 5.80. The molecule has 0 bridgehead atoms. The van der Waals surface area contributed by atoms with Crippen molar-refractivity contribution in [1.82, 2.24) is 19.5 Å². The Morgan fingerprint density at radius 1 is 1.28 bits per heavy atom. The smallest absolute Gasteiger partial charge is 0.320 e. The number of hydrogen-bond donors (Lipinski definition) is 7. The van der Waals surface area contributed by atoms with Gasteiger partial charge >= 0.3 is 5.97 Å². The van der Waals surface area contributed by atoms with Crippen LogP contribution in [0.15, 0.2) is 12.7 Å². The molecule has 3 rings (SSSR count). The zero-order chi connectivity index (χ0) is 26.1. The number of fused-ring (bicyclic) bond motifs is 1. The first-order chi connectivity index (χ1) is 17.4. The zero-order valence-corrected chi connectivity index (χ0v) is 20.7. The van der Waals surface area contributed by atoms with Crippen LogP contribution in [0.25, 0.3) is 11.2 Å². The maximum atomic E-state index is 11.2. The van der Waals surface area contributed by atoms with E-state index in [9.17, 15) is 15.0 Å². The Morgan fingerprint density at radius 3 is 2.81 bits per heavy atom. The van der Waals surface area contributed by atoms with Gasteiger partial charge in [0.25, 0.3) is 0 Å². The summed E-state index contributed by atoms with van der Waals surface area (Å²) in [4.78, 5) is 23.9. The Hall–Kier alpha value is -2.51. The number of anilines is 1. The number of ether oxygens (including phenoxy) is 1. The molecule has 198 valence electrons. The van der Waals surface area contributed by atoms with Gasteiger partial charge in [-0.05, 0) is 18.9 Å². The fraction of sp³-hybridized carbons (Fsp3) is 0.636. The minimum Gasteiger partial charge on any atom is -0.480 e. The van der Waals surface area contributed by atoms with E-state index < -0.39 is 47.4 Å². The molecule has 0 radical (unpaired) electrons. The average molecular weight is 525 g/mol. The summed E-state index contributed by atoms with van der Waals surface area (Å²) in [5.74, 6) is 6.96. The van der Waals surface area contributed by atoms with E-state index in [2.05, 4.69) is 32.1 Å². The minimum absolute atomic E-state index is 0.0821. The molecule has 2 aromatic rings. The van der Waals surface area contributed by atoms with Crippen molar-refractivity contribution < 1.29 is 30.0 Å². The van der Waals surface area contributed by atoms with Crippen molar-refractivity contribution in [2.75, 3.05) is 42.3 Å². The summed E-state index contributed by atoms with van der Waals surface area (Å²) in [6.45, 7) is 0.759. The lowest BCUT2D eigenvalue weighted by atomic mass is 10.1. The molecule has 14 heteroatoms. The highest BCUT2D eigenvalue weighted by atomic mass is 32.2. The second-order valence-electron chi connectivity index (χ2n) is 8.35. The third-order valence-electron chi connectivity index (χ3n) is 5.72. The normalized spacial score (nSPS) is 23.2. The predicted molar refractivity (Wildman–Crippen MR) is 135 cm³/mol. The molecule has 1 aliphatic rings. The highest BCUT2D eigenvalue weighted by Gasteiger charge is 2.47. The number of carboxylic acid groups (broad SMARTS) is 1. The third kappa shape index (κ3) is 7.04. The molecule has 1 fully saturated rings. The van der Waals surface area contributed by atoms with Gasteiger partial charge in [0, 0.05) is 30.3 Å². The molecule has 13 nitrogen and oxygen atoms in total. The first kappa shape index (κ1) is 28.1. The van der Waals surface area contributed by atoms with E-state index in [1.165, 1.54) is 12.7 Å². The van der Waals surface area contributed by atoms with Crippen molar-refractivity contribution in [3.8, 4) is 11.8 Å². The van der Waals surface area contributed by atoms with Crippen LogP contribution < -0.4 is 16.8 Å². The van der Waals surface area contributed by atoms with Crippen LogP contribution in [0, 0.1) is 11.8 Å². The Balaban J connectivity index is 1.73. The highest BCUT2D eigenvalue weighted by Crippen LogP contribution is 2.33. The Kier molecular flexibility index (Phi) is 10.7. The van der Waals surface area contributed by atoms with Crippen LogP contribution in [0.2, 0.25) is 0 Å². The largest absolute Gasteiger partial charge is 0.480 e. The van der Waals surface area contributed by atoms with Crippen molar-refractivity contribution in [1.29, 1.82) is 0 Å². The Morgan fingerprint density at radius 2 is 2.08 bits per heavy atom. The lowest BCUT2D eigenvalue weighted by Gasteiger charge is -2.16. The zero-order valence-electron chi connectivity index (χ0n) is 19.9. The summed E-state index contributed by atoms with van der Waals surface area (Å²) in [5.41, 5.74) is 12.0. The van der Waals surface area contributed by atoms with E-state index in [0.717, 1.165) is 6.42 Å². The van der Waals surface area contributed by atoms with Gasteiger partial charge in [-0.25, -0.2) is 15.0 Å². The number of aliphatic hydroxyl groups excluding tert-OH is 3. The molecule has 0 spiro atoms. The van der Waals surface area contributed by atoms with Crippen molar-refractivity contribution in [2.24, 2.45) is 11.5 Å². The van der Waals surface area contributed by atoms with E-state index in [-0.39, 0.29) is 19.6 Å². The number of aliphatic carboxylic acids is 1. The second kappa shape index (κ2) is 13.7. The van der Waals surface area contributed by atoms with Crippen molar-refractivity contribution in [3.05, 3.63) is 12.7 Å². The van der Waals surface area contributed by atoms with E-state index in [1.54, 1.807) is 4.57 Å². The van der Waals surface area contributed by atoms with Gasteiger partial charge in [0.05, 0.1) is 12.9 Å². The Bertz CT molecular complexity index is 1060. The number of carbonyl (C=O) groups is 1. The Labute approximate surface area is 211 Å². The SMILES string of the molecule is NCCCC#CC[S+](CC[C@H](N)C(=O)O)CC1OC(n2cnc3c(NCCO)ncnc32)C(O)C1O. The van der Waals surface area contributed by atoms with Crippen LogP contribution in [0.1, 0.15) is 25.5 Å². The number of hydrogen-bond acceptors (Lipinski definition) is 11. The van der Waals surface area contributed by atoms with Gasteiger partial charge in [0.2, 0.25) is 0 Å². The van der Waals surface area contributed by atoms with E-state index in [0.29, 0.717) is 47.2 Å². The maximum absolute atomic E-state index is 11.2. The van der Waals surface area contributed by atoms with Crippen LogP contribution in [0.5, 0.6) is 0 Å². The predicted octanol–water partition coefficient (Wildman–Crippen LogP) is -1.99. The molecule has 0 saturated carbocycles. The lowest BCUT2D eigenvalue weighted by molar-refractivity contribution is -0.138. The van der Waals surface area contributed by atoms with Gasteiger partial charge < -0.3 is 41.9 Å². The molecule has 0 aliphatic carbocycles. The first-order valence-corrected chi connectivity index (χ1v) is 13.4. The standard InChI is InChI=1S/C22H33N7O6S/c23-6-3-1-2-4-9-36(10-5-14(24)22(33)34)11-15-17(31)18(32)21(35-15)29-13-28-16-19(25-7-8-30)26-12-27-20(16)29/h12-15,17-18,21,30-32H,1,3,5-11,23-24H2,(H-,25,26,27,33,34)/p+1/t14-,15?,17?,18?,21?,36?/m0/s1. The molecule has 6 atom stereocenters. The number of nitrogens with zero attached hydrogens (tertiary/aromatic N) is 4. The number of aromatic nitrogens is 4. The van der Waals surface area contributed by atoms with Crippen LogP contribution in [-0.2, 0) is 20.4 Å². The van der Waals surface area contributed by atoms with Gasteiger partial charge in [0.1, 0.15) is 42.2 Å². The number of aliphatic hydroxyl groups is 3. The van der Waals surface area contributed by atoms with Gasteiger partial charge in [-0.3, -0.25) is 9.36 Å². The molecule has 2 aromatic heterocycles. The van der Waals surface area contributed by atoms with E-state index in [4.69, 9.17) is 26.4 Å². The van der Waals surface area contributed by atoms with Crippen molar-refractivity contribution in [3.63, 3.8) is 0 Å². The summed E-state index contributed by atoms with van der Waals surface area (Å²) in [5, 5.41) is 42.7. The van der Waals surface area contributed by atoms with E-state index >= 15 is 0 Å². The second-order valence-corrected chi connectivity index (χ2v) is 10.6. The number of unbranched alkanes of at least 4 members (excludes halogenated alkanes) is 1. The molecular formula is C22H34N7O6S+. The number of imidazole rings is 1. The number of rotatable bonds is 13. The number of nitrogens with one attached hydrogen (secondary N) is 1. The molecule has 0 amide bonds. The number of carboxylic acids is 1. The molecule has 1 aliphatic heterocycles. The monoisotopic (exact) mass is 524 g/mol. The lowest BCUT2D eigenvalue weighted by Crippen LogP contribution is -2.38. The van der Waals surface area contributed by atoms with E-state index in [1.807, 2.05) is 0 Å². The number of nitrogens with two attached hydrogens (primary N) is 2. The maximum Gasteiger partial charge on any atom is 0.320 e. The van der Waals surface area contributed by atoms with Crippen molar-refractivity contribution >= 4 is 33.8 Å². The fourth-order valence-electron chi connectivity index (χ4n) is 3.73. The summed E-state index contributed by atoms with van der Waals surface area (Å²) in [6.07, 6.45) is 0.490. The molecule has 9 N–H and O–H groups in total.